The highest BCUT2D eigenvalue weighted by Crippen LogP contribution is 2.27. The van der Waals surface area contributed by atoms with Crippen molar-refractivity contribution >= 4 is 16.9 Å². The molecule has 2 heterocycles. The van der Waals surface area contributed by atoms with Crippen molar-refractivity contribution in [3.63, 3.8) is 0 Å². The van der Waals surface area contributed by atoms with Crippen LogP contribution in [-0.2, 0) is 24.8 Å². The SMILES string of the molecule is CCc1cccc(C)c1CNc1cc(OCCOC)nc2c1nc(C)n2C. The van der Waals surface area contributed by atoms with Crippen LogP contribution in [0.25, 0.3) is 11.2 Å². The maximum absolute atomic E-state index is 5.76. The van der Waals surface area contributed by atoms with Gasteiger partial charge in [-0.05, 0) is 37.0 Å². The van der Waals surface area contributed by atoms with Gasteiger partial charge in [-0.15, -0.1) is 0 Å². The number of hydrogen-bond donors (Lipinski definition) is 1. The Morgan fingerprint density at radius 2 is 1.96 bits per heavy atom. The summed E-state index contributed by atoms with van der Waals surface area (Å²) in [6.07, 6.45) is 1.01. The monoisotopic (exact) mass is 368 g/mol. The van der Waals surface area contributed by atoms with Gasteiger partial charge in [-0.3, -0.25) is 0 Å². The fourth-order valence-corrected chi connectivity index (χ4v) is 3.21. The van der Waals surface area contributed by atoms with Crippen molar-refractivity contribution < 1.29 is 9.47 Å². The molecule has 0 radical (unpaired) electrons. The Hall–Kier alpha value is -2.60. The van der Waals surface area contributed by atoms with Crippen LogP contribution in [0, 0.1) is 13.8 Å². The summed E-state index contributed by atoms with van der Waals surface area (Å²) >= 11 is 0. The van der Waals surface area contributed by atoms with E-state index in [1.165, 1.54) is 16.7 Å². The zero-order valence-electron chi connectivity index (χ0n) is 16.8. The Labute approximate surface area is 160 Å². The second-order valence-corrected chi connectivity index (χ2v) is 6.66. The third kappa shape index (κ3) is 4.06. The molecule has 0 aliphatic rings. The molecule has 0 fully saturated rings. The molecule has 0 atom stereocenters. The second-order valence-electron chi connectivity index (χ2n) is 6.66. The molecule has 0 unspecified atom stereocenters. The minimum Gasteiger partial charge on any atom is -0.475 e. The van der Waals surface area contributed by atoms with Crippen LogP contribution in [0.2, 0.25) is 0 Å². The van der Waals surface area contributed by atoms with E-state index in [4.69, 9.17) is 9.47 Å². The molecule has 3 aromatic rings. The Balaban J connectivity index is 1.94. The van der Waals surface area contributed by atoms with Crippen molar-refractivity contribution in [1.29, 1.82) is 0 Å². The molecule has 0 aliphatic carbocycles. The molecule has 6 nitrogen and oxygen atoms in total. The van der Waals surface area contributed by atoms with Crippen molar-refractivity contribution in [2.75, 3.05) is 25.6 Å². The van der Waals surface area contributed by atoms with E-state index in [1.54, 1.807) is 7.11 Å². The highest BCUT2D eigenvalue weighted by Gasteiger charge is 2.14. The van der Waals surface area contributed by atoms with E-state index in [1.807, 2.05) is 24.6 Å². The van der Waals surface area contributed by atoms with Gasteiger partial charge in [0.05, 0.1) is 12.3 Å². The van der Waals surface area contributed by atoms with Crippen LogP contribution in [0.15, 0.2) is 24.3 Å². The Morgan fingerprint density at radius 1 is 1.15 bits per heavy atom. The largest absolute Gasteiger partial charge is 0.475 e. The van der Waals surface area contributed by atoms with E-state index in [2.05, 4.69) is 47.3 Å². The molecule has 3 rings (SSSR count). The third-order valence-corrected chi connectivity index (χ3v) is 4.91. The second kappa shape index (κ2) is 8.39. The molecule has 0 amide bonds. The maximum Gasteiger partial charge on any atom is 0.217 e. The van der Waals surface area contributed by atoms with E-state index in [0.29, 0.717) is 19.1 Å². The zero-order chi connectivity index (χ0) is 19.4. The maximum atomic E-state index is 5.76. The molecule has 1 aromatic carbocycles. The number of methoxy groups -OCH3 is 1. The van der Waals surface area contributed by atoms with Crippen LogP contribution in [0.3, 0.4) is 0 Å². The van der Waals surface area contributed by atoms with E-state index in [0.717, 1.165) is 35.6 Å². The first-order valence-electron chi connectivity index (χ1n) is 9.32. The van der Waals surface area contributed by atoms with Gasteiger partial charge in [0.25, 0.3) is 0 Å². The summed E-state index contributed by atoms with van der Waals surface area (Å²) in [6, 6.07) is 8.39. The highest BCUT2D eigenvalue weighted by molar-refractivity contribution is 5.87. The first-order valence-corrected chi connectivity index (χ1v) is 9.32. The molecule has 0 saturated carbocycles. The average Bonchev–Trinajstić information content (AvgIpc) is 2.95. The minimum absolute atomic E-state index is 0.461. The number of ether oxygens (including phenoxy) is 2. The van der Waals surface area contributed by atoms with Crippen molar-refractivity contribution in [2.24, 2.45) is 7.05 Å². The third-order valence-electron chi connectivity index (χ3n) is 4.91. The van der Waals surface area contributed by atoms with Crippen LogP contribution >= 0.6 is 0 Å². The van der Waals surface area contributed by atoms with Gasteiger partial charge in [0.2, 0.25) is 5.88 Å². The Kier molecular flexibility index (Phi) is 5.96. The summed E-state index contributed by atoms with van der Waals surface area (Å²) in [4.78, 5) is 9.30. The zero-order valence-corrected chi connectivity index (χ0v) is 16.8. The lowest BCUT2D eigenvalue weighted by Crippen LogP contribution is -2.08. The smallest absolute Gasteiger partial charge is 0.217 e. The van der Waals surface area contributed by atoms with Crippen LogP contribution in [0.4, 0.5) is 5.69 Å². The van der Waals surface area contributed by atoms with Crippen LogP contribution in [0.5, 0.6) is 5.88 Å². The van der Waals surface area contributed by atoms with Crippen molar-refractivity contribution in [1.82, 2.24) is 14.5 Å². The van der Waals surface area contributed by atoms with Gasteiger partial charge in [-0.1, -0.05) is 25.1 Å². The number of pyridine rings is 1. The predicted octanol–water partition coefficient (Wildman–Crippen LogP) is 3.78. The number of nitrogens with zero attached hydrogens (tertiary/aromatic N) is 3. The molecular weight excluding hydrogens is 340 g/mol. The van der Waals surface area contributed by atoms with Crippen LogP contribution in [-0.4, -0.2) is 34.9 Å². The van der Waals surface area contributed by atoms with Gasteiger partial charge in [0.1, 0.15) is 17.9 Å². The number of aromatic nitrogens is 3. The molecule has 1 N–H and O–H groups in total. The highest BCUT2D eigenvalue weighted by atomic mass is 16.5. The lowest BCUT2D eigenvalue weighted by Gasteiger charge is -2.14. The summed E-state index contributed by atoms with van der Waals surface area (Å²) in [5.41, 5.74) is 6.59. The molecule has 27 heavy (non-hydrogen) atoms. The number of nitrogens with one attached hydrogen (secondary N) is 1. The number of hydrogen-bond acceptors (Lipinski definition) is 5. The number of rotatable bonds is 8. The molecule has 6 heteroatoms. The van der Waals surface area contributed by atoms with Crippen LogP contribution < -0.4 is 10.1 Å². The number of fused-ring (bicyclic) bond motifs is 1. The molecular formula is C21H28N4O2. The van der Waals surface area contributed by atoms with Gasteiger partial charge in [-0.2, -0.15) is 4.98 Å². The van der Waals surface area contributed by atoms with Gasteiger partial charge in [0.15, 0.2) is 5.65 Å². The summed E-state index contributed by atoms with van der Waals surface area (Å²) in [5.74, 6) is 1.49. The summed E-state index contributed by atoms with van der Waals surface area (Å²) in [5, 5.41) is 3.56. The number of benzene rings is 1. The normalized spacial score (nSPS) is 11.1. The standard InChI is InChI=1S/C21H28N4O2/c1-6-16-9-7-8-14(2)17(16)13-22-18-12-19(27-11-10-26-5)24-21-20(18)23-15(3)25(21)4/h7-9,12H,6,10-11,13H2,1-5H3,(H,22,24). The quantitative estimate of drug-likeness (QED) is 0.613. The fraction of sp³-hybridized carbons (Fsp3) is 0.429. The molecule has 0 saturated heterocycles. The van der Waals surface area contributed by atoms with E-state index in [-0.39, 0.29) is 0 Å². The lowest BCUT2D eigenvalue weighted by atomic mass is 10.00. The van der Waals surface area contributed by atoms with E-state index in [9.17, 15) is 0 Å². The van der Waals surface area contributed by atoms with Crippen molar-refractivity contribution in [2.45, 2.75) is 33.7 Å². The number of aryl methyl sites for hydroxylation is 4. The topological polar surface area (TPSA) is 61.2 Å². The molecule has 144 valence electrons. The number of imidazole rings is 1. The lowest BCUT2D eigenvalue weighted by molar-refractivity contribution is 0.144. The first kappa shape index (κ1) is 19.2. The molecule has 0 aliphatic heterocycles. The van der Waals surface area contributed by atoms with Crippen molar-refractivity contribution in [3.8, 4) is 5.88 Å². The van der Waals surface area contributed by atoms with Crippen molar-refractivity contribution in [3.05, 3.63) is 46.8 Å². The van der Waals surface area contributed by atoms with Gasteiger partial charge >= 0.3 is 0 Å². The fourth-order valence-electron chi connectivity index (χ4n) is 3.21. The van der Waals surface area contributed by atoms with Crippen LogP contribution in [0.1, 0.15) is 29.4 Å². The average molecular weight is 368 g/mol. The van der Waals surface area contributed by atoms with E-state index >= 15 is 0 Å². The molecule has 0 spiro atoms. The Morgan fingerprint density at radius 3 is 2.70 bits per heavy atom. The summed E-state index contributed by atoms with van der Waals surface area (Å²) < 4.78 is 12.8. The Bertz CT molecular complexity index is 934. The first-order chi connectivity index (χ1) is 13.0. The van der Waals surface area contributed by atoms with Gasteiger partial charge in [0, 0.05) is 26.8 Å². The van der Waals surface area contributed by atoms with Gasteiger partial charge < -0.3 is 19.4 Å². The summed E-state index contributed by atoms with van der Waals surface area (Å²) in [7, 11) is 3.63. The molecule has 0 bridgehead atoms. The predicted molar refractivity (Wildman–Crippen MR) is 109 cm³/mol. The number of anilines is 1. The van der Waals surface area contributed by atoms with E-state index < -0.39 is 0 Å². The van der Waals surface area contributed by atoms with Gasteiger partial charge in [-0.25, -0.2) is 4.98 Å². The minimum atomic E-state index is 0.461. The summed E-state index contributed by atoms with van der Waals surface area (Å²) in [6.45, 7) is 8.05. The molecule has 2 aromatic heterocycles.